The number of carbonyl (C=O) groups is 1. The molecule has 5 heteroatoms. The van der Waals surface area contributed by atoms with Crippen LogP contribution in [0.15, 0.2) is 30.3 Å². The molecule has 0 bridgehead atoms. The zero-order valence-corrected chi connectivity index (χ0v) is 14.7. The number of amides is 1. The molecule has 1 aliphatic heterocycles. The van der Waals surface area contributed by atoms with Crippen molar-refractivity contribution in [3.63, 3.8) is 0 Å². The Balaban J connectivity index is 1.48. The maximum atomic E-state index is 12.2. The van der Waals surface area contributed by atoms with Gasteiger partial charge in [0.05, 0.1) is 0 Å². The third-order valence-electron chi connectivity index (χ3n) is 4.54. The van der Waals surface area contributed by atoms with Gasteiger partial charge in [-0.25, -0.2) is 0 Å². The summed E-state index contributed by atoms with van der Waals surface area (Å²) >= 11 is 0. The van der Waals surface area contributed by atoms with E-state index >= 15 is 0 Å². The fourth-order valence-electron chi connectivity index (χ4n) is 2.99. The molecule has 0 fully saturated rings. The third-order valence-corrected chi connectivity index (χ3v) is 4.54. The number of hydrogen-bond acceptors (Lipinski definition) is 3. The van der Waals surface area contributed by atoms with Crippen LogP contribution in [0, 0.1) is 0 Å². The number of carbonyl (C=O) groups excluding carboxylic acids is 1. The molecular weight excluding hydrogens is 300 g/mol. The molecule has 5 nitrogen and oxygen atoms in total. The fraction of sp³-hybridized carbons (Fsp3) is 0.474. The molecule has 2 aromatic rings. The second-order valence-corrected chi connectivity index (χ2v) is 7.47. The summed E-state index contributed by atoms with van der Waals surface area (Å²) in [6, 6.07) is 10.4. The average molecular weight is 326 g/mol. The van der Waals surface area contributed by atoms with Crippen molar-refractivity contribution in [1.29, 1.82) is 0 Å². The molecule has 3 rings (SSSR count). The molecule has 128 valence electrons. The summed E-state index contributed by atoms with van der Waals surface area (Å²) in [6.07, 6.45) is 1.08. The quantitative estimate of drug-likeness (QED) is 0.907. The van der Waals surface area contributed by atoms with Crippen LogP contribution in [0.1, 0.15) is 48.1 Å². The number of nitrogens with zero attached hydrogens (tertiary/aromatic N) is 2. The Hall–Kier alpha value is -2.14. The van der Waals surface area contributed by atoms with Crippen LogP contribution in [-0.4, -0.2) is 40.6 Å². The number of nitrogens with one attached hydrogen (secondary N) is 2. The average Bonchev–Trinajstić information content (AvgIpc) is 3.05. The highest BCUT2D eigenvalue weighted by atomic mass is 16.1. The van der Waals surface area contributed by atoms with E-state index in [4.69, 9.17) is 0 Å². The van der Waals surface area contributed by atoms with Gasteiger partial charge in [-0.3, -0.25) is 14.8 Å². The van der Waals surface area contributed by atoms with Crippen molar-refractivity contribution in [1.82, 2.24) is 20.4 Å². The van der Waals surface area contributed by atoms with E-state index in [1.807, 2.05) is 6.07 Å². The first-order chi connectivity index (χ1) is 11.4. The van der Waals surface area contributed by atoms with E-state index in [0.717, 1.165) is 31.7 Å². The van der Waals surface area contributed by atoms with Crippen LogP contribution < -0.4 is 5.32 Å². The van der Waals surface area contributed by atoms with Crippen LogP contribution in [0.2, 0.25) is 0 Å². The summed E-state index contributed by atoms with van der Waals surface area (Å²) < 4.78 is 0. The molecule has 0 spiro atoms. The van der Waals surface area contributed by atoms with E-state index < -0.39 is 0 Å². The van der Waals surface area contributed by atoms with E-state index in [0.29, 0.717) is 12.2 Å². The van der Waals surface area contributed by atoms with Gasteiger partial charge in [0.2, 0.25) is 0 Å². The van der Waals surface area contributed by atoms with E-state index in [9.17, 15) is 4.79 Å². The van der Waals surface area contributed by atoms with Gasteiger partial charge in [-0.05, 0) is 23.6 Å². The van der Waals surface area contributed by atoms with Crippen molar-refractivity contribution in [3.05, 3.63) is 52.8 Å². The van der Waals surface area contributed by atoms with Crippen LogP contribution in [0.5, 0.6) is 0 Å². The summed E-state index contributed by atoms with van der Waals surface area (Å²) in [5.41, 5.74) is 4.25. The zero-order chi connectivity index (χ0) is 17.2. The smallest absolute Gasteiger partial charge is 0.271 e. The highest BCUT2D eigenvalue weighted by Crippen LogP contribution is 2.20. The minimum absolute atomic E-state index is 0.0350. The SMILES string of the molecule is CC(C)(C)c1cc(C(=O)NCCN2CCc3ccccc3C2)n[nH]1. The summed E-state index contributed by atoms with van der Waals surface area (Å²) in [4.78, 5) is 14.6. The van der Waals surface area contributed by atoms with Crippen LogP contribution in [0.4, 0.5) is 0 Å². The minimum Gasteiger partial charge on any atom is -0.349 e. The minimum atomic E-state index is -0.112. The van der Waals surface area contributed by atoms with Crippen LogP contribution >= 0.6 is 0 Å². The summed E-state index contributed by atoms with van der Waals surface area (Å²) in [5.74, 6) is -0.112. The third kappa shape index (κ3) is 3.85. The summed E-state index contributed by atoms with van der Waals surface area (Å²) in [5, 5.41) is 10.1. The van der Waals surface area contributed by atoms with Gasteiger partial charge < -0.3 is 5.32 Å². The maximum Gasteiger partial charge on any atom is 0.271 e. The molecule has 1 amide bonds. The largest absolute Gasteiger partial charge is 0.349 e. The van der Waals surface area contributed by atoms with Crippen molar-refractivity contribution in [2.45, 2.75) is 39.2 Å². The summed E-state index contributed by atoms with van der Waals surface area (Å²) in [7, 11) is 0. The van der Waals surface area contributed by atoms with Crippen molar-refractivity contribution in [2.24, 2.45) is 0 Å². The van der Waals surface area contributed by atoms with Gasteiger partial charge in [-0.1, -0.05) is 45.0 Å². The molecule has 24 heavy (non-hydrogen) atoms. The van der Waals surface area contributed by atoms with Crippen LogP contribution in [0.3, 0.4) is 0 Å². The Bertz CT molecular complexity index is 714. The Labute approximate surface area is 143 Å². The number of fused-ring (bicyclic) bond motifs is 1. The van der Waals surface area contributed by atoms with Gasteiger partial charge in [-0.2, -0.15) is 5.10 Å². The molecule has 0 radical (unpaired) electrons. The lowest BCUT2D eigenvalue weighted by Gasteiger charge is -2.28. The number of aromatic amines is 1. The second-order valence-electron chi connectivity index (χ2n) is 7.47. The standard InChI is InChI=1S/C19H26N4O/c1-19(2,3)17-12-16(21-22-17)18(24)20-9-11-23-10-8-14-6-4-5-7-15(14)13-23/h4-7,12H,8-11,13H2,1-3H3,(H,20,24)(H,21,22). The van der Waals surface area contributed by atoms with Gasteiger partial charge >= 0.3 is 0 Å². The number of hydrogen-bond donors (Lipinski definition) is 2. The van der Waals surface area contributed by atoms with Gasteiger partial charge in [0, 0.05) is 37.3 Å². The number of benzene rings is 1. The predicted molar refractivity (Wildman–Crippen MR) is 95.0 cm³/mol. The predicted octanol–water partition coefficient (Wildman–Crippen LogP) is 2.50. The van der Waals surface area contributed by atoms with E-state index in [-0.39, 0.29) is 11.3 Å². The number of rotatable bonds is 4. The Morgan fingerprint density at radius 1 is 1.29 bits per heavy atom. The zero-order valence-electron chi connectivity index (χ0n) is 14.7. The van der Waals surface area contributed by atoms with Crippen LogP contribution in [0.25, 0.3) is 0 Å². The maximum absolute atomic E-state index is 12.2. The highest BCUT2D eigenvalue weighted by molar-refractivity contribution is 5.92. The monoisotopic (exact) mass is 326 g/mol. The fourth-order valence-corrected chi connectivity index (χ4v) is 2.99. The van der Waals surface area contributed by atoms with Gasteiger partial charge in [0.15, 0.2) is 0 Å². The molecule has 0 saturated carbocycles. The molecule has 1 aliphatic rings. The first-order valence-electron chi connectivity index (χ1n) is 8.57. The molecule has 0 unspecified atom stereocenters. The van der Waals surface area contributed by atoms with Crippen molar-refractivity contribution >= 4 is 5.91 Å². The first kappa shape index (κ1) is 16.7. The highest BCUT2D eigenvalue weighted by Gasteiger charge is 2.20. The Morgan fingerprint density at radius 3 is 2.75 bits per heavy atom. The lowest BCUT2D eigenvalue weighted by molar-refractivity contribution is 0.0942. The van der Waals surface area contributed by atoms with Crippen molar-refractivity contribution in [3.8, 4) is 0 Å². The van der Waals surface area contributed by atoms with Gasteiger partial charge in [-0.15, -0.1) is 0 Å². The molecule has 2 N–H and O–H groups in total. The topological polar surface area (TPSA) is 61.0 Å². The van der Waals surface area contributed by atoms with Gasteiger partial charge in [0.1, 0.15) is 5.69 Å². The normalized spacial score (nSPS) is 15.1. The molecule has 0 saturated heterocycles. The van der Waals surface area contributed by atoms with Gasteiger partial charge in [0.25, 0.3) is 5.91 Å². The molecular formula is C19H26N4O. The number of aromatic nitrogens is 2. The Morgan fingerprint density at radius 2 is 2.04 bits per heavy atom. The van der Waals surface area contributed by atoms with E-state index in [2.05, 4.69) is 65.5 Å². The Kier molecular flexibility index (Phi) is 4.71. The molecule has 1 aromatic heterocycles. The molecule has 2 heterocycles. The molecule has 0 aliphatic carbocycles. The van der Waals surface area contributed by atoms with Crippen LogP contribution in [-0.2, 0) is 18.4 Å². The van der Waals surface area contributed by atoms with E-state index in [1.54, 1.807) is 0 Å². The van der Waals surface area contributed by atoms with Crippen molar-refractivity contribution < 1.29 is 4.79 Å². The lowest BCUT2D eigenvalue weighted by atomic mass is 9.92. The molecule has 0 atom stereocenters. The lowest BCUT2D eigenvalue weighted by Crippen LogP contribution is -2.37. The second kappa shape index (κ2) is 6.77. The summed E-state index contributed by atoms with van der Waals surface area (Å²) in [6.45, 7) is 9.78. The van der Waals surface area contributed by atoms with Crippen molar-refractivity contribution in [2.75, 3.05) is 19.6 Å². The first-order valence-corrected chi connectivity index (χ1v) is 8.57. The molecule has 1 aromatic carbocycles. The number of H-pyrrole nitrogens is 1. The van der Waals surface area contributed by atoms with E-state index in [1.165, 1.54) is 11.1 Å².